The van der Waals surface area contributed by atoms with Gasteiger partial charge in [-0.15, -0.1) is 15.3 Å². The van der Waals surface area contributed by atoms with Crippen LogP contribution in [0, 0.1) is 12.3 Å². The zero-order valence-electron chi connectivity index (χ0n) is 11.8. The fraction of sp³-hybridized carbons (Fsp3) is 0.333. The van der Waals surface area contributed by atoms with Crippen molar-refractivity contribution in [2.24, 2.45) is 32.5 Å². The number of azo groups is 1. The Morgan fingerprint density at radius 3 is 2.40 bits per heavy atom. The molecule has 0 saturated carbocycles. The molecule has 0 radical (unpaired) electrons. The molecule has 0 fully saturated rings. The number of hydrogen-bond acceptors (Lipinski definition) is 4. The Kier molecular flexibility index (Phi) is 5.01. The van der Waals surface area contributed by atoms with Crippen LogP contribution in [0.4, 0.5) is 11.4 Å². The molecule has 0 atom stereocenters. The maximum Gasteiger partial charge on any atom is 0.232 e. The van der Waals surface area contributed by atoms with E-state index in [0.717, 1.165) is 16.8 Å². The van der Waals surface area contributed by atoms with Gasteiger partial charge >= 0.3 is 0 Å². The van der Waals surface area contributed by atoms with Gasteiger partial charge in [-0.2, -0.15) is 0 Å². The number of hydrazone groups is 1. The summed E-state index contributed by atoms with van der Waals surface area (Å²) in [7, 11) is 0. The van der Waals surface area contributed by atoms with Crippen LogP contribution in [-0.2, 0) is 0 Å². The Morgan fingerprint density at radius 1 is 1.25 bits per heavy atom. The third-order valence-electron chi connectivity index (χ3n) is 2.57. The summed E-state index contributed by atoms with van der Waals surface area (Å²) in [5.41, 5.74) is 21.9. The third-order valence-corrected chi connectivity index (χ3v) is 2.57. The lowest BCUT2D eigenvalue weighted by Gasteiger charge is -2.13. The van der Waals surface area contributed by atoms with Gasteiger partial charge < -0.3 is 17.2 Å². The van der Waals surface area contributed by atoms with Crippen molar-refractivity contribution in [3.05, 3.63) is 23.3 Å². The molecule has 0 aliphatic rings. The highest BCUT2D eigenvalue weighted by atomic mass is 15.3. The van der Waals surface area contributed by atoms with E-state index in [1.54, 1.807) is 0 Å². The van der Waals surface area contributed by atoms with Crippen molar-refractivity contribution < 1.29 is 0 Å². The highest BCUT2D eigenvalue weighted by molar-refractivity contribution is 5.77. The molecule has 0 saturated heterocycles. The first-order valence-corrected chi connectivity index (χ1v) is 6.06. The van der Waals surface area contributed by atoms with Crippen molar-refractivity contribution in [2.45, 2.75) is 26.7 Å². The molecule has 0 amide bonds. The van der Waals surface area contributed by atoms with Crippen molar-refractivity contribution in [3.63, 3.8) is 0 Å². The standard InChI is InChI=1S/C12H20N8/c1-6(2)8-5-9(17-19-11(13)14)7(3)4-10(8)18-20-12(15)16/h4-6,17H,1-3H3,(H3,15,16)(H4,13,14,19). The summed E-state index contributed by atoms with van der Waals surface area (Å²) in [6.45, 7) is 5.95. The number of rotatable bonds is 4. The van der Waals surface area contributed by atoms with Crippen LogP contribution in [0.15, 0.2) is 27.5 Å². The lowest BCUT2D eigenvalue weighted by molar-refractivity contribution is 0.863. The number of nitrogens with one attached hydrogen (secondary N) is 2. The lowest BCUT2D eigenvalue weighted by Crippen LogP contribution is -2.24. The molecular weight excluding hydrogens is 256 g/mol. The molecule has 108 valence electrons. The number of nitrogens with two attached hydrogens (primary N) is 3. The van der Waals surface area contributed by atoms with E-state index < -0.39 is 0 Å². The van der Waals surface area contributed by atoms with Crippen LogP contribution in [0.2, 0.25) is 0 Å². The largest absolute Gasteiger partial charge is 0.369 e. The number of guanidine groups is 2. The number of nitrogens with zero attached hydrogens (tertiary/aromatic N) is 3. The van der Waals surface area contributed by atoms with Crippen LogP contribution >= 0.6 is 0 Å². The van der Waals surface area contributed by atoms with Gasteiger partial charge in [0.15, 0.2) is 0 Å². The molecule has 0 aliphatic heterocycles. The highest BCUT2D eigenvalue weighted by Crippen LogP contribution is 2.32. The van der Waals surface area contributed by atoms with Gasteiger partial charge in [-0.3, -0.25) is 10.8 Å². The summed E-state index contributed by atoms with van der Waals surface area (Å²) in [6.07, 6.45) is 0. The summed E-state index contributed by atoms with van der Waals surface area (Å²) in [4.78, 5) is 0. The molecule has 1 aromatic rings. The second-order valence-electron chi connectivity index (χ2n) is 4.61. The SMILES string of the molecule is Cc1cc(N=NC(=N)N)c(C(C)C)cc1NN=C(N)N. The second-order valence-corrected chi connectivity index (χ2v) is 4.61. The van der Waals surface area contributed by atoms with Gasteiger partial charge in [0, 0.05) is 0 Å². The maximum atomic E-state index is 7.09. The fourth-order valence-electron chi connectivity index (χ4n) is 1.61. The van der Waals surface area contributed by atoms with Crippen molar-refractivity contribution in [1.82, 2.24) is 0 Å². The third kappa shape index (κ3) is 4.23. The minimum Gasteiger partial charge on any atom is -0.369 e. The highest BCUT2D eigenvalue weighted by Gasteiger charge is 2.10. The predicted octanol–water partition coefficient (Wildman–Crippen LogP) is 1.70. The topological polar surface area (TPSA) is 151 Å². The zero-order chi connectivity index (χ0) is 15.3. The van der Waals surface area contributed by atoms with Crippen LogP contribution in [0.3, 0.4) is 0 Å². The van der Waals surface area contributed by atoms with E-state index in [1.165, 1.54) is 0 Å². The maximum absolute atomic E-state index is 7.09. The van der Waals surface area contributed by atoms with E-state index in [9.17, 15) is 0 Å². The minimum atomic E-state index is -0.333. The summed E-state index contributed by atoms with van der Waals surface area (Å²) in [6, 6.07) is 3.74. The molecule has 8 heteroatoms. The minimum absolute atomic E-state index is 0.0455. The van der Waals surface area contributed by atoms with Crippen LogP contribution in [0.5, 0.6) is 0 Å². The van der Waals surface area contributed by atoms with Gasteiger partial charge in [0.05, 0.1) is 11.4 Å². The van der Waals surface area contributed by atoms with Crippen molar-refractivity contribution >= 4 is 23.3 Å². The van der Waals surface area contributed by atoms with Gasteiger partial charge in [0.25, 0.3) is 0 Å². The first-order chi connectivity index (χ1) is 9.31. The van der Waals surface area contributed by atoms with Crippen molar-refractivity contribution in [3.8, 4) is 0 Å². The molecule has 0 unspecified atom stereocenters. The molecule has 0 bridgehead atoms. The Bertz CT molecular complexity index is 555. The Hall–Kier alpha value is -2.64. The summed E-state index contributed by atoms with van der Waals surface area (Å²) in [5, 5.41) is 18.4. The van der Waals surface area contributed by atoms with E-state index in [0.29, 0.717) is 5.69 Å². The smallest absolute Gasteiger partial charge is 0.232 e. The number of hydrogen-bond donors (Lipinski definition) is 5. The molecule has 8 N–H and O–H groups in total. The zero-order valence-corrected chi connectivity index (χ0v) is 11.8. The first kappa shape index (κ1) is 15.4. The Morgan fingerprint density at radius 2 is 1.90 bits per heavy atom. The van der Waals surface area contributed by atoms with E-state index in [2.05, 4.69) is 20.8 Å². The van der Waals surface area contributed by atoms with Crippen LogP contribution in [-0.4, -0.2) is 11.9 Å². The molecule has 1 rings (SSSR count). The Balaban J connectivity index is 3.24. The van der Waals surface area contributed by atoms with E-state index in [-0.39, 0.29) is 17.8 Å². The van der Waals surface area contributed by atoms with Gasteiger partial charge in [0.1, 0.15) is 0 Å². The predicted molar refractivity (Wildman–Crippen MR) is 81.1 cm³/mol. The van der Waals surface area contributed by atoms with Gasteiger partial charge in [-0.1, -0.05) is 13.8 Å². The van der Waals surface area contributed by atoms with Crippen LogP contribution in [0.1, 0.15) is 30.9 Å². The molecule has 0 aromatic heterocycles. The fourth-order valence-corrected chi connectivity index (χ4v) is 1.61. The molecule has 0 heterocycles. The molecule has 0 spiro atoms. The van der Waals surface area contributed by atoms with E-state index >= 15 is 0 Å². The summed E-state index contributed by atoms with van der Waals surface area (Å²) < 4.78 is 0. The summed E-state index contributed by atoms with van der Waals surface area (Å²) in [5.74, 6) is -0.160. The Labute approximate surface area is 117 Å². The molecule has 8 nitrogen and oxygen atoms in total. The van der Waals surface area contributed by atoms with Crippen molar-refractivity contribution in [2.75, 3.05) is 5.43 Å². The van der Waals surface area contributed by atoms with E-state index in [1.807, 2.05) is 32.9 Å². The average Bonchev–Trinajstić information content (AvgIpc) is 2.34. The normalized spacial score (nSPS) is 10.8. The average molecular weight is 276 g/mol. The molecule has 0 aliphatic carbocycles. The first-order valence-electron chi connectivity index (χ1n) is 6.06. The summed E-state index contributed by atoms with van der Waals surface area (Å²) >= 11 is 0. The molecular formula is C12H20N8. The lowest BCUT2D eigenvalue weighted by atomic mass is 9.98. The van der Waals surface area contributed by atoms with Crippen LogP contribution < -0.4 is 22.6 Å². The van der Waals surface area contributed by atoms with Gasteiger partial charge in [-0.05, 0) is 36.1 Å². The molecule has 1 aromatic carbocycles. The van der Waals surface area contributed by atoms with Gasteiger partial charge in [0.2, 0.25) is 11.9 Å². The van der Waals surface area contributed by atoms with Gasteiger partial charge in [-0.25, -0.2) is 0 Å². The number of benzene rings is 1. The quantitative estimate of drug-likeness (QED) is 0.246. The monoisotopic (exact) mass is 276 g/mol. The molecule has 20 heavy (non-hydrogen) atoms. The van der Waals surface area contributed by atoms with Crippen molar-refractivity contribution in [1.29, 1.82) is 5.41 Å². The number of aryl methyl sites for hydroxylation is 1. The van der Waals surface area contributed by atoms with E-state index in [4.69, 9.17) is 22.6 Å². The van der Waals surface area contributed by atoms with Crippen LogP contribution in [0.25, 0.3) is 0 Å². The number of anilines is 1. The second kappa shape index (κ2) is 6.50.